The molecule has 1 aliphatic rings. The Balaban J connectivity index is 2.54. The Kier molecular flexibility index (Phi) is 2.96. The van der Waals surface area contributed by atoms with Gasteiger partial charge in [-0.1, -0.05) is 6.07 Å². The van der Waals surface area contributed by atoms with Gasteiger partial charge in [-0.15, -0.1) is 0 Å². The van der Waals surface area contributed by atoms with Crippen molar-refractivity contribution in [1.82, 2.24) is 0 Å². The Bertz CT molecular complexity index is 443. The molecule has 2 rings (SSSR count). The molecule has 1 atom stereocenters. The summed E-state index contributed by atoms with van der Waals surface area (Å²) in [6, 6.07) is 6.14. The highest BCUT2D eigenvalue weighted by Gasteiger charge is 2.27. The van der Waals surface area contributed by atoms with Crippen LogP contribution in [-0.4, -0.2) is 29.7 Å². The molecular weight excluding hydrogens is 216 g/mol. The topological polar surface area (TPSA) is 52.6 Å². The third kappa shape index (κ3) is 1.95. The van der Waals surface area contributed by atoms with Gasteiger partial charge in [0.15, 0.2) is 0 Å². The predicted octanol–water partition coefficient (Wildman–Crippen LogP) is 2.41. The fourth-order valence-electron chi connectivity index (χ4n) is 2.49. The number of para-hydroxylation sites is 1. The van der Waals surface area contributed by atoms with Crippen molar-refractivity contribution in [3.8, 4) is 0 Å². The standard InChI is InChI=1S/C13H18N2O2/c1-8(2)15-9(3)7-14-12-10(13(16)17)5-4-6-11(12)15/h4-6,8-9,14H,7H2,1-3H3,(H,16,17). The molecule has 1 heterocycles. The zero-order chi connectivity index (χ0) is 12.6. The van der Waals surface area contributed by atoms with E-state index in [1.54, 1.807) is 12.1 Å². The van der Waals surface area contributed by atoms with Gasteiger partial charge in [0.2, 0.25) is 0 Å². The van der Waals surface area contributed by atoms with Crippen molar-refractivity contribution >= 4 is 17.3 Å². The first-order valence-corrected chi connectivity index (χ1v) is 5.91. The lowest BCUT2D eigenvalue weighted by atomic mass is 10.0. The molecule has 0 aliphatic carbocycles. The normalized spacial score (nSPS) is 18.8. The Labute approximate surface area is 101 Å². The summed E-state index contributed by atoms with van der Waals surface area (Å²) >= 11 is 0. The summed E-state index contributed by atoms with van der Waals surface area (Å²) in [6.07, 6.45) is 0. The third-order valence-electron chi connectivity index (χ3n) is 3.16. The summed E-state index contributed by atoms with van der Waals surface area (Å²) in [6.45, 7) is 7.16. The maximum absolute atomic E-state index is 11.2. The van der Waals surface area contributed by atoms with Crippen molar-refractivity contribution in [2.24, 2.45) is 0 Å². The summed E-state index contributed by atoms with van der Waals surface area (Å²) in [5.41, 5.74) is 2.07. The van der Waals surface area contributed by atoms with Crippen molar-refractivity contribution in [3.63, 3.8) is 0 Å². The minimum atomic E-state index is -0.882. The Morgan fingerprint density at radius 2 is 2.24 bits per heavy atom. The third-order valence-corrected chi connectivity index (χ3v) is 3.16. The lowest BCUT2D eigenvalue weighted by Crippen LogP contribution is -2.46. The van der Waals surface area contributed by atoms with Crippen LogP contribution in [0, 0.1) is 0 Å². The van der Waals surface area contributed by atoms with Crippen molar-refractivity contribution in [1.29, 1.82) is 0 Å². The highest BCUT2D eigenvalue weighted by Crippen LogP contribution is 2.35. The molecule has 0 fully saturated rings. The van der Waals surface area contributed by atoms with Crippen LogP contribution in [0.4, 0.5) is 11.4 Å². The van der Waals surface area contributed by atoms with Crippen LogP contribution >= 0.6 is 0 Å². The van der Waals surface area contributed by atoms with Gasteiger partial charge in [0.05, 0.1) is 16.9 Å². The van der Waals surface area contributed by atoms with Gasteiger partial charge in [-0.2, -0.15) is 0 Å². The highest BCUT2D eigenvalue weighted by molar-refractivity contribution is 5.98. The second-order valence-electron chi connectivity index (χ2n) is 4.74. The fraction of sp³-hybridized carbons (Fsp3) is 0.462. The fourth-order valence-corrected chi connectivity index (χ4v) is 2.49. The minimum absolute atomic E-state index is 0.347. The Morgan fingerprint density at radius 3 is 2.82 bits per heavy atom. The zero-order valence-corrected chi connectivity index (χ0v) is 10.4. The number of nitrogens with zero attached hydrogens (tertiary/aromatic N) is 1. The molecule has 1 unspecified atom stereocenters. The van der Waals surface area contributed by atoms with Crippen LogP contribution in [-0.2, 0) is 0 Å². The summed E-state index contributed by atoms with van der Waals surface area (Å²) < 4.78 is 0. The quantitative estimate of drug-likeness (QED) is 0.825. The molecule has 0 radical (unpaired) electrons. The summed E-state index contributed by atoms with van der Waals surface area (Å²) in [5.74, 6) is -0.882. The molecule has 0 aromatic heterocycles. The van der Waals surface area contributed by atoms with Gasteiger partial charge < -0.3 is 15.3 Å². The number of anilines is 2. The largest absolute Gasteiger partial charge is 0.478 e. The molecule has 92 valence electrons. The van der Waals surface area contributed by atoms with E-state index in [1.165, 1.54) is 0 Å². The highest BCUT2D eigenvalue weighted by atomic mass is 16.4. The summed E-state index contributed by atoms with van der Waals surface area (Å²) in [5, 5.41) is 12.4. The molecule has 0 amide bonds. The van der Waals surface area contributed by atoms with Gasteiger partial charge in [0.1, 0.15) is 0 Å². The minimum Gasteiger partial charge on any atom is -0.478 e. The number of hydrogen-bond donors (Lipinski definition) is 2. The first-order chi connectivity index (χ1) is 8.02. The van der Waals surface area contributed by atoms with E-state index in [0.717, 1.165) is 17.9 Å². The van der Waals surface area contributed by atoms with Crippen LogP contribution in [0.25, 0.3) is 0 Å². The number of nitrogens with one attached hydrogen (secondary N) is 1. The molecule has 1 aromatic carbocycles. The van der Waals surface area contributed by atoms with E-state index in [-0.39, 0.29) is 0 Å². The number of aromatic carboxylic acids is 1. The molecule has 4 heteroatoms. The van der Waals surface area contributed by atoms with Crippen LogP contribution in [0.5, 0.6) is 0 Å². The SMILES string of the molecule is CC(C)N1c2cccc(C(=O)O)c2NCC1C. The average Bonchev–Trinajstić information content (AvgIpc) is 2.26. The summed E-state index contributed by atoms with van der Waals surface area (Å²) in [7, 11) is 0. The van der Waals surface area contributed by atoms with Crippen molar-refractivity contribution in [2.75, 3.05) is 16.8 Å². The van der Waals surface area contributed by atoms with Crippen molar-refractivity contribution < 1.29 is 9.90 Å². The number of fused-ring (bicyclic) bond motifs is 1. The van der Waals surface area contributed by atoms with Gasteiger partial charge >= 0.3 is 5.97 Å². The number of rotatable bonds is 2. The molecule has 0 bridgehead atoms. The maximum Gasteiger partial charge on any atom is 0.337 e. The zero-order valence-electron chi connectivity index (χ0n) is 10.4. The Hall–Kier alpha value is -1.71. The average molecular weight is 234 g/mol. The first-order valence-electron chi connectivity index (χ1n) is 5.91. The van der Waals surface area contributed by atoms with Gasteiger partial charge in [0.25, 0.3) is 0 Å². The molecule has 1 aliphatic heterocycles. The van der Waals surface area contributed by atoms with Gasteiger partial charge in [0, 0.05) is 18.6 Å². The second-order valence-corrected chi connectivity index (χ2v) is 4.74. The van der Waals surface area contributed by atoms with Gasteiger partial charge in [-0.25, -0.2) is 4.79 Å². The number of hydrogen-bond acceptors (Lipinski definition) is 3. The monoisotopic (exact) mass is 234 g/mol. The van der Waals surface area contributed by atoms with Crippen molar-refractivity contribution in [2.45, 2.75) is 32.9 Å². The number of carboxylic acid groups (broad SMARTS) is 1. The second kappa shape index (κ2) is 4.28. The van der Waals surface area contributed by atoms with E-state index >= 15 is 0 Å². The van der Waals surface area contributed by atoms with Crippen LogP contribution < -0.4 is 10.2 Å². The van der Waals surface area contributed by atoms with Gasteiger partial charge in [-0.3, -0.25) is 0 Å². The molecule has 17 heavy (non-hydrogen) atoms. The van der Waals surface area contributed by atoms with Crippen LogP contribution in [0.3, 0.4) is 0 Å². The van der Waals surface area contributed by atoms with E-state index in [9.17, 15) is 9.90 Å². The molecule has 1 aromatic rings. The lowest BCUT2D eigenvalue weighted by molar-refractivity contribution is 0.0698. The van der Waals surface area contributed by atoms with Gasteiger partial charge in [-0.05, 0) is 32.9 Å². The summed E-state index contributed by atoms with van der Waals surface area (Å²) in [4.78, 5) is 13.4. The van der Waals surface area contributed by atoms with E-state index in [1.807, 2.05) is 6.07 Å². The number of carboxylic acids is 1. The van der Waals surface area contributed by atoms with E-state index in [2.05, 4.69) is 31.0 Å². The predicted molar refractivity (Wildman–Crippen MR) is 69.0 cm³/mol. The molecule has 2 N–H and O–H groups in total. The first kappa shape index (κ1) is 11.8. The number of carbonyl (C=O) groups is 1. The molecular formula is C13H18N2O2. The smallest absolute Gasteiger partial charge is 0.337 e. The Morgan fingerprint density at radius 1 is 1.53 bits per heavy atom. The van der Waals surface area contributed by atoms with Crippen LogP contribution in [0.1, 0.15) is 31.1 Å². The maximum atomic E-state index is 11.2. The lowest BCUT2D eigenvalue weighted by Gasteiger charge is -2.41. The van der Waals surface area contributed by atoms with E-state index < -0.39 is 5.97 Å². The molecule has 0 saturated carbocycles. The molecule has 0 saturated heterocycles. The van der Waals surface area contributed by atoms with Crippen molar-refractivity contribution in [3.05, 3.63) is 23.8 Å². The molecule has 4 nitrogen and oxygen atoms in total. The van der Waals surface area contributed by atoms with E-state index in [0.29, 0.717) is 17.6 Å². The van der Waals surface area contributed by atoms with E-state index in [4.69, 9.17) is 0 Å². The van der Waals surface area contributed by atoms with Crippen LogP contribution in [0.15, 0.2) is 18.2 Å². The molecule has 0 spiro atoms. The number of benzene rings is 1. The van der Waals surface area contributed by atoms with Crippen LogP contribution in [0.2, 0.25) is 0 Å².